The first kappa shape index (κ1) is 12.1. The molecule has 0 heterocycles. The fraction of sp³-hybridized carbons (Fsp3) is 1.00. The first-order valence-corrected chi connectivity index (χ1v) is 9.59. The van der Waals surface area contributed by atoms with E-state index in [1.807, 2.05) is 0 Å². The van der Waals surface area contributed by atoms with Crippen molar-refractivity contribution in [2.24, 2.45) is 0 Å². The molecule has 0 aromatic heterocycles. The lowest BCUT2D eigenvalue weighted by Crippen LogP contribution is -1.88. The van der Waals surface area contributed by atoms with Crippen LogP contribution in [-0.2, 0) is 11.8 Å². The molecule has 0 rings (SSSR count). The summed E-state index contributed by atoms with van der Waals surface area (Å²) in [5.74, 6) is 0. The highest BCUT2D eigenvalue weighted by Gasteiger charge is 2.09. The third-order valence-corrected chi connectivity index (χ3v) is 6.88. The predicted molar refractivity (Wildman–Crippen MR) is 62.8 cm³/mol. The molecule has 0 spiro atoms. The Morgan fingerprint density at radius 2 is 1.45 bits per heavy atom. The van der Waals surface area contributed by atoms with Gasteiger partial charge in [-0.15, -0.1) is 0 Å². The maximum atomic E-state index is 5.50. The fourth-order valence-electron chi connectivity index (χ4n) is 0.900. The quantitative estimate of drug-likeness (QED) is 0.636. The summed E-state index contributed by atoms with van der Waals surface area (Å²) in [5.41, 5.74) is 0. The first-order chi connectivity index (χ1) is 5.12. The highest BCUT2D eigenvalue weighted by Crippen LogP contribution is 2.55. The largest absolute Gasteiger partial charge is 0.0854 e. The van der Waals surface area contributed by atoms with E-state index in [0.29, 0.717) is 0 Å². The molecule has 0 atom stereocenters. The number of unbranched alkanes of at least 4 members (excludes halogenated alkanes) is 2. The van der Waals surface area contributed by atoms with Gasteiger partial charge in [0.1, 0.15) is 0 Å². The molecule has 0 amide bonds. The maximum Gasteiger partial charge on any atom is 0.0172 e. The van der Waals surface area contributed by atoms with Gasteiger partial charge in [0.25, 0.3) is 0 Å². The molecule has 11 heavy (non-hydrogen) atoms. The van der Waals surface area contributed by atoms with Crippen LogP contribution in [0.25, 0.3) is 0 Å². The summed E-state index contributed by atoms with van der Waals surface area (Å²) in [6, 6.07) is 0. The standard InChI is InChI=1S/C8H18BrPS/c1-3-5-7-10(9,11)8-6-4-2/h3-8H2,1-2H3. The molecule has 0 aromatic rings. The van der Waals surface area contributed by atoms with Crippen molar-refractivity contribution < 1.29 is 0 Å². The molecule has 0 aliphatic rings. The molecule has 0 radical (unpaired) electrons. The maximum absolute atomic E-state index is 5.50. The van der Waals surface area contributed by atoms with Gasteiger partial charge < -0.3 is 0 Å². The topological polar surface area (TPSA) is 0 Å². The van der Waals surface area contributed by atoms with E-state index in [9.17, 15) is 0 Å². The molecule has 0 aromatic carbocycles. The lowest BCUT2D eigenvalue weighted by molar-refractivity contribution is 0.872. The highest BCUT2D eigenvalue weighted by atomic mass is 79.9. The second-order valence-electron chi connectivity index (χ2n) is 2.94. The second kappa shape index (κ2) is 6.62. The van der Waals surface area contributed by atoms with E-state index in [4.69, 9.17) is 11.8 Å². The molecule has 0 saturated carbocycles. The van der Waals surface area contributed by atoms with Crippen LogP contribution in [0.5, 0.6) is 0 Å². The average molecular weight is 257 g/mol. The van der Waals surface area contributed by atoms with Crippen molar-refractivity contribution >= 4 is 32.0 Å². The van der Waals surface area contributed by atoms with Gasteiger partial charge >= 0.3 is 0 Å². The Bertz CT molecular complexity index is 124. The number of halogens is 1. The normalized spacial score (nSPS) is 11.9. The van der Waals surface area contributed by atoms with Crippen LogP contribution in [-0.4, -0.2) is 12.3 Å². The molecule has 0 saturated heterocycles. The average Bonchev–Trinajstić information content (AvgIpc) is 1.97. The molecule has 68 valence electrons. The van der Waals surface area contributed by atoms with Crippen LogP contribution in [0.15, 0.2) is 0 Å². The van der Waals surface area contributed by atoms with Gasteiger partial charge in [0.15, 0.2) is 0 Å². The Kier molecular flexibility index (Phi) is 7.31. The zero-order valence-corrected chi connectivity index (χ0v) is 10.8. The minimum atomic E-state index is -1.08. The zero-order chi connectivity index (χ0) is 8.74. The van der Waals surface area contributed by atoms with Crippen LogP contribution < -0.4 is 0 Å². The van der Waals surface area contributed by atoms with E-state index in [2.05, 4.69) is 29.3 Å². The summed E-state index contributed by atoms with van der Waals surface area (Å²) >= 11 is 9.21. The summed E-state index contributed by atoms with van der Waals surface area (Å²) in [4.78, 5) is 0. The molecule has 0 N–H and O–H groups in total. The van der Waals surface area contributed by atoms with Gasteiger partial charge in [-0.25, -0.2) is 0 Å². The SMILES string of the molecule is CCCCP(=S)(Br)CCCC. The van der Waals surface area contributed by atoms with E-state index in [1.54, 1.807) is 0 Å². The monoisotopic (exact) mass is 256 g/mol. The Hall–Kier alpha value is 1.13. The van der Waals surface area contributed by atoms with Crippen molar-refractivity contribution in [2.75, 3.05) is 12.3 Å². The van der Waals surface area contributed by atoms with Crippen LogP contribution in [0.4, 0.5) is 0 Å². The van der Waals surface area contributed by atoms with Gasteiger partial charge in [-0.2, -0.15) is 0 Å². The van der Waals surface area contributed by atoms with Crippen LogP contribution >= 0.6 is 20.2 Å². The van der Waals surface area contributed by atoms with E-state index >= 15 is 0 Å². The van der Waals surface area contributed by atoms with Crippen LogP contribution in [0.3, 0.4) is 0 Å². The smallest absolute Gasteiger partial charge is 0.0172 e. The van der Waals surface area contributed by atoms with Crippen LogP contribution in [0, 0.1) is 0 Å². The molecule has 0 fully saturated rings. The predicted octanol–water partition coefficient (Wildman–Crippen LogP) is 4.38. The van der Waals surface area contributed by atoms with E-state index in [1.165, 1.54) is 38.0 Å². The molecule has 0 nitrogen and oxygen atoms in total. The first-order valence-electron chi connectivity index (χ1n) is 4.40. The highest BCUT2D eigenvalue weighted by molar-refractivity contribution is 9.44. The Morgan fingerprint density at radius 1 is 1.09 bits per heavy atom. The molecule has 3 heteroatoms. The van der Waals surface area contributed by atoms with Gasteiger partial charge in [0.05, 0.1) is 0 Å². The lowest BCUT2D eigenvalue weighted by atomic mass is 10.4. The molecular formula is C8H18BrPS. The van der Waals surface area contributed by atoms with Crippen molar-refractivity contribution in [1.29, 1.82) is 0 Å². The molecule has 0 unspecified atom stereocenters. The third-order valence-electron chi connectivity index (χ3n) is 1.69. The Labute approximate surface area is 83.9 Å². The second-order valence-corrected chi connectivity index (χ2v) is 13.0. The zero-order valence-electron chi connectivity index (χ0n) is 7.48. The van der Waals surface area contributed by atoms with E-state index in [0.717, 1.165) is 0 Å². The van der Waals surface area contributed by atoms with E-state index < -0.39 is 4.74 Å². The molecular weight excluding hydrogens is 239 g/mol. The minimum Gasteiger partial charge on any atom is -0.0854 e. The van der Waals surface area contributed by atoms with Crippen molar-refractivity contribution in [2.45, 2.75) is 39.5 Å². The van der Waals surface area contributed by atoms with Crippen molar-refractivity contribution in [3.05, 3.63) is 0 Å². The van der Waals surface area contributed by atoms with Crippen molar-refractivity contribution in [3.63, 3.8) is 0 Å². The molecule has 0 aliphatic heterocycles. The summed E-state index contributed by atoms with van der Waals surface area (Å²) in [6.07, 6.45) is 7.64. The van der Waals surface area contributed by atoms with E-state index in [-0.39, 0.29) is 0 Å². The fourth-order valence-corrected chi connectivity index (χ4v) is 4.98. The van der Waals surface area contributed by atoms with Crippen LogP contribution in [0.1, 0.15) is 39.5 Å². The summed E-state index contributed by atoms with van der Waals surface area (Å²) in [5, 5.41) is 0. The summed E-state index contributed by atoms with van der Waals surface area (Å²) in [7, 11) is 0. The molecule has 0 bridgehead atoms. The number of hydrogen-bond acceptors (Lipinski definition) is 1. The number of rotatable bonds is 6. The van der Waals surface area contributed by atoms with Crippen LogP contribution in [0.2, 0.25) is 0 Å². The molecule has 0 aliphatic carbocycles. The van der Waals surface area contributed by atoms with Gasteiger partial charge in [-0.3, -0.25) is 0 Å². The third kappa shape index (κ3) is 7.49. The van der Waals surface area contributed by atoms with Gasteiger partial charge in [0, 0.05) is 4.74 Å². The van der Waals surface area contributed by atoms with Gasteiger partial charge in [0.2, 0.25) is 0 Å². The summed E-state index contributed by atoms with van der Waals surface area (Å²) < 4.78 is -1.08. The lowest BCUT2D eigenvalue weighted by Gasteiger charge is -2.12. The Morgan fingerprint density at radius 3 is 1.73 bits per heavy atom. The van der Waals surface area contributed by atoms with Gasteiger partial charge in [-0.05, 0) is 40.7 Å². The van der Waals surface area contributed by atoms with Gasteiger partial charge in [-0.1, -0.05) is 38.5 Å². The minimum absolute atomic E-state index is 1.08. The summed E-state index contributed by atoms with van der Waals surface area (Å²) in [6.45, 7) is 4.45. The van der Waals surface area contributed by atoms with Crippen molar-refractivity contribution in [3.8, 4) is 0 Å². The van der Waals surface area contributed by atoms with Crippen molar-refractivity contribution in [1.82, 2.24) is 0 Å². The number of hydrogen-bond donors (Lipinski definition) is 0. The Balaban J connectivity index is 3.53.